The molecule has 2 saturated heterocycles. The Morgan fingerprint density at radius 2 is 1.70 bits per heavy atom. The average Bonchev–Trinajstić information content (AvgIpc) is 3.71. The first kappa shape index (κ1) is 29.5. The Morgan fingerprint density at radius 1 is 0.977 bits per heavy atom. The second-order valence-electron chi connectivity index (χ2n) is 9.75. The van der Waals surface area contributed by atoms with Crippen LogP contribution in [0.5, 0.6) is 0 Å². The van der Waals surface area contributed by atoms with Gasteiger partial charge in [-0.15, -0.1) is 0 Å². The zero-order chi connectivity index (χ0) is 30.5. The van der Waals surface area contributed by atoms with Crippen LogP contribution in [0.1, 0.15) is 31.7 Å². The lowest BCUT2D eigenvalue weighted by atomic mass is 10.2. The molecular weight excluding hydrogens is 615 g/mol. The van der Waals surface area contributed by atoms with E-state index in [9.17, 15) is 22.8 Å². The van der Waals surface area contributed by atoms with Crippen molar-refractivity contribution in [2.75, 3.05) is 30.4 Å². The number of nitrogen functional groups attached to an aromatic ring is 3. The topological polar surface area (TPSA) is 306 Å². The third kappa shape index (κ3) is 6.23. The highest BCUT2D eigenvalue weighted by atomic mass is 32.2. The number of imidazole rings is 2. The number of ether oxygens (including phenoxy) is 2. The van der Waals surface area contributed by atoms with Crippen molar-refractivity contribution in [2.24, 2.45) is 0 Å². The van der Waals surface area contributed by atoms with Crippen LogP contribution in [0.15, 0.2) is 19.0 Å². The summed E-state index contributed by atoms with van der Waals surface area (Å²) in [6.07, 6.45) is 0.858. The molecule has 0 unspecified atom stereocenters. The standard InChI is InChI=1S/C20H27N12O9PS/c21-16-14-18(25-6-24-16)31(7-26-14)12-2-1-9(39-12)4-28-43(36,37)41-10-3-13(40-11(10)5-38-42(33,34)35)32-8-27-15-17(22)29-20(23)30-19(15)32/h6-13,28H,1-5H2,(H2,21,24,25)(H2,33,34,35)(H4,22,23,29,30)/t9-,10-,11+,12+,13+/m0/s1. The van der Waals surface area contributed by atoms with Gasteiger partial charge in [0.05, 0.1) is 25.4 Å². The van der Waals surface area contributed by atoms with E-state index < -0.39 is 55.5 Å². The molecule has 0 saturated carbocycles. The summed E-state index contributed by atoms with van der Waals surface area (Å²) in [7, 11) is -9.32. The summed E-state index contributed by atoms with van der Waals surface area (Å²) in [6, 6.07) is 0. The lowest BCUT2D eigenvalue weighted by molar-refractivity contribution is -0.0381. The first-order valence-corrected chi connectivity index (χ1v) is 15.7. The molecule has 2 aliphatic rings. The number of aromatic nitrogens is 8. The van der Waals surface area contributed by atoms with E-state index in [0.29, 0.717) is 24.0 Å². The molecule has 0 amide bonds. The molecule has 4 aromatic rings. The first-order chi connectivity index (χ1) is 20.4. The van der Waals surface area contributed by atoms with Crippen molar-refractivity contribution in [3.63, 3.8) is 0 Å². The van der Waals surface area contributed by atoms with Gasteiger partial charge in [0.15, 0.2) is 22.9 Å². The molecule has 43 heavy (non-hydrogen) atoms. The molecule has 0 bridgehead atoms. The zero-order valence-electron chi connectivity index (χ0n) is 22.1. The van der Waals surface area contributed by atoms with E-state index >= 15 is 0 Å². The Morgan fingerprint density at radius 3 is 2.44 bits per heavy atom. The predicted molar refractivity (Wildman–Crippen MR) is 145 cm³/mol. The average molecular weight is 643 g/mol. The summed E-state index contributed by atoms with van der Waals surface area (Å²) in [5.41, 5.74) is 18.8. The number of phosphoric ester groups is 1. The number of rotatable bonds is 10. The fraction of sp³-hybridized carbons (Fsp3) is 0.500. The number of phosphoric acid groups is 1. The molecule has 0 spiro atoms. The molecular formula is C20H27N12O9PS. The molecule has 6 heterocycles. The van der Waals surface area contributed by atoms with Gasteiger partial charge in [-0.1, -0.05) is 0 Å². The van der Waals surface area contributed by atoms with Crippen LogP contribution < -0.4 is 21.9 Å². The molecule has 23 heteroatoms. The van der Waals surface area contributed by atoms with Gasteiger partial charge in [-0.25, -0.2) is 24.5 Å². The van der Waals surface area contributed by atoms with Crippen molar-refractivity contribution in [3.05, 3.63) is 19.0 Å². The van der Waals surface area contributed by atoms with Crippen molar-refractivity contribution in [1.29, 1.82) is 0 Å². The molecule has 0 aromatic carbocycles. The fourth-order valence-corrected chi connectivity index (χ4v) is 6.30. The van der Waals surface area contributed by atoms with Crippen LogP contribution in [0.3, 0.4) is 0 Å². The molecule has 232 valence electrons. The highest BCUT2D eigenvalue weighted by Crippen LogP contribution is 2.40. The monoisotopic (exact) mass is 642 g/mol. The molecule has 2 aliphatic heterocycles. The molecule has 0 radical (unpaired) electrons. The van der Waals surface area contributed by atoms with Crippen molar-refractivity contribution < 1.29 is 41.0 Å². The van der Waals surface area contributed by atoms with Crippen molar-refractivity contribution in [1.82, 2.24) is 43.8 Å². The molecule has 9 N–H and O–H groups in total. The minimum absolute atomic E-state index is 0.0233. The van der Waals surface area contributed by atoms with Gasteiger partial charge in [0.2, 0.25) is 5.95 Å². The van der Waals surface area contributed by atoms with Crippen LogP contribution >= 0.6 is 7.82 Å². The van der Waals surface area contributed by atoms with E-state index in [1.54, 1.807) is 4.57 Å². The van der Waals surface area contributed by atoms with Crippen LogP contribution in [0, 0.1) is 0 Å². The largest absolute Gasteiger partial charge is 0.469 e. The van der Waals surface area contributed by atoms with E-state index in [0.717, 1.165) is 0 Å². The van der Waals surface area contributed by atoms with Crippen LogP contribution in [0.2, 0.25) is 0 Å². The van der Waals surface area contributed by atoms with Gasteiger partial charge < -0.3 is 36.5 Å². The highest BCUT2D eigenvalue weighted by Gasteiger charge is 2.42. The Kier molecular flexibility index (Phi) is 7.64. The van der Waals surface area contributed by atoms with Gasteiger partial charge in [-0.2, -0.15) is 23.1 Å². The fourth-order valence-electron chi connectivity index (χ4n) is 4.97. The Labute approximate surface area is 242 Å². The van der Waals surface area contributed by atoms with E-state index in [-0.39, 0.29) is 41.7 Å². The van der Waals surface area contributed by atoms with E-state index in [1.165, 1.54) is 23.5 Å². The van der Waals surface area contributed by atoms with Gasteiger partial charge in [0, 0.05) is 13.0 Å². The maximum Gasteiger partial charge on any atom is 0.469 e. The summed E-state index contributed by atoms with van der Waals surface area (Å²) in [5.74, 6) is 0.129. The summed E-state index contributed by atoms with van der Waals surface area (Å²) in [4.78, 5) is 42.8. The minimum atomic E-state index is -4.91. The molecule has 0 aliphatic carbocycles. The number of nitrogens with zero attached hydrogens (tertiary/aromatic N) is 8. The van der Waals surface area contributed by atoms with Crippen LogP contribution in [0.4, 0.5) is 17.6 Å². The number of nitrogens with two attached hydrogens (primary N) is 3. The van der Waals surface area contributed by atoms with Crippen molar-refractivity contribution >= 4 is 58.0 Å². The van der Waals surface area contributed by atoms with Crippen LogP contribution in [-0.4, -0.2) is 88.7 Å². The highest BCUT2D eigenvalue weighted by molar-refractivity contribution is 7.84. The lowest BCUT2D eigenvalue weighted by Gasteiger charge is -2.20. The molecule has 5 atom stereocenters. The molecule has 2 fully saturated rings. The van der Waals surface area contributed by atoms with Crippen molar-refractivity contribution in [2.45, 2.75) is 50.0 Å². The number of hydrogen-bond donors (Lipinski definition) is 6. The third-order valence-electron chi connectivity index (χ3n) is 6.88. The smallest absolute Gasteiger partial charge is 0.382 e. The minimum Gasteiger partial charge on any atom is -0.382 e. The lowest BCUT2D eigenvalue weighted by Crippen LogP contribution is -2.38. The maximum absolute atomic E-state index is 12.9. The number of hydrogen-bond acceptors (Lipinski definition) is 16. The summed E-state index contributed by atoms with van der Waals surface area (Å²) in [5, 5.41) is 0. The molecule has 21 nitrogen and oxygen atoms in total. The normalized spacial score (nSPS) is 24.8. The quantitative estimate of drug-likeness (QED) is 0.110. The Hall–Kier alpha value is -3.60. The SMILES string of the molecule is Nc1nc(N)c2ncn([C@H]3C[C@H](OS(=O)(=O)NC[C@@H]4CC[C@H](n5cnc6c(N)ncnc65)O4)[C@@H](COP(=O)(O)O)O3)c2n1. The van der Waals surface area contributed by atoms with Gasteiger partial charge in [0.1, 0.15) is 42.0 Å². The summed E-state index contributed by atoms with van der Waals surface area (Å²) >= 11 is 0. The second-order valence-corrected chi connectivity index (χ2v) is 12.4. The van der Waals surface area contributed by atoms with Gasteiger partial charge in [-0.3, -0.25) is 17.8 Å². The van der Waals surface area contributed by atoms with Gasteiger partial charge in [-0.05, 0) is 12.8 Å². The zero-order valence-corrected chi connectivity index (χ0v) is 23.8. The number of anilines is 3. The Balaban J connectivity index is 1.12. The van der Waals surface area contributed by atoms with E-state index in [2.05, 4.69) is 39.1 Å². The van der Waals surface area contributed by atoms with Gasteiger partial charge >= 0.3 is 18.1 Å². The van der Waals surface area contributed by atoms with Gasteiger partial charge in [0.25, 0.3) is 0 Å². The molecule has 6 rings (SSSR count). The maximum atomic E-state index is 12.9. The third-order valence-corrected chi connectivity index (χ3v) is 8.39. The van der Waals surface area contributed by atoms with E-state index in [4.69, 9.17) is 30.9 Å². The van der Waals surface area contributed by atoms with Crippen LogP contribution in [-0.2, 0) is 33.0 Å². The molecule has 4 aromatic heterocycles. The van der Waals surface area contributed by atoms with Crippen molar-refractivity contribution in [3.8, 4) is 0 Å². The summed E-state index contributed by atoms with van der Waals surface area (Å²) < 4.78 is 64.6. The van der Waals surface area contributed by atoms with E-state index in [1.807, 2.05) is 0 Å². The number of nitrogens with one attached hydrogen (secondary N) is 1. The first-order valence-electron chi connectivity index (χ1n) is 12.7. The summed E-state index contributed by atoms with van der Waals surface area (Å²) in [6.45, 7) is -0.794. The Bertz CT molecular complexity index is 1810. The predicted octanol–water partition coefficient (Wildman–Crippen LogP) is -1.29. The number of fused-ring (bicyclic) bond motifs is 2. The second kappa shape index (κ2) is 11.2. The van der Waals surface area contributed by atoms with Crippen LogP contribution in [0.25, 0.3) is 22.3 Å².